The number of rotatable bonds is 6. The average Bonchev–Trinajstić information content (AvgIpc) is 3.69. The van der Waals surface area contributed by atoms with E-state index in [2.05, 4.69) is 144 Å². The van der Waals surface area contributed by atoms with Gasteiger partial charge in [0.05, 0.1) is 16.9 Å². The van der Waals surface area contributed by atoms with E-state index in [-0.39, 0.29) is 0 Å². The van der Waals surface area contributed by atoms with E-state index in [4.69, 9.17) is 24.4 Å². The minimum absolute atomic E-state index is 0.639. The molecule has 0 amide bonds. The molecule has 0 fully saturated rings. The highest BCUT2D eigenvalue weighted by Gasteiger charge is 2.17. The highest BCUT2D eigenvalue weighted by atomic mass is 16.3. The van der Waals surface area contributed by atoms with Crippen molar-refractivity contribution in [2.45, 2.75) is 0 Å². The summed E-state index contributed by atoms with van der Waals surface area (Å²) in [5.41, 5.74) is 10.4. The highest BCUT2D eigenvalue weighted by molar-refractivity contribution is 6.10. The Balaban J connectivity index is 0.929. The van der Waals surface area contributed by atoms with Crippen LogP contribution in [0.15, 0.2) is 205 Å². The minimum atomic E-state index is 0.639. The number of aromatic nitrogens is 4. The Kier molecular flexibility index (Phi) is 7.74. The summed E-state index contributed by atoms with van der Waals surface area (Å²) < 4.78 is 6.13. The molecule has 0 spiro atoms. The van der Waals surface area contributed by atoms with Crippen molar-refractivity contribution < 1.29 is 4.42 Å². The molecular formula is C54H33N5O. The summed E-state index contributed by atoms with van der Waals surface area (Å²) in [5.74, 6) is 0.696. The average molecular weight is 768 g/mol. The molecule has 6 heteroatoms. The summed E-state index contributed by atoms with van der Waals surface area (Å²) in [6, 6.07) is 65.7. The van der Waals surface area contributed by atoms with Gasteiger partial charge in [-0.05, 0) is 112 Å². The molecule has 0 unspecified atom stereocenters. The van der Waals surface area contributed by atoms with Crippen LogP contribution in [0.2, 0.25) is 0 Å². The lowest BCUT2D eigenvalue weighted by molar-refractivity contribution is 0.654. The maximum atomic E-state index is 6.13. The number of benzene rings is 8. The topological polar surface area (TPSA) is 67.9 Å². The Hall–Kier alpha value is -8.22. The number of furan rings is 1. The monoisotopic (exact) mass is 767 g/mol. The Morgan fingerprint density at radius 2 is 1.00 bits per heavy atom. The van der Waals surface area contributed by atoms with Crippen molar-refractivity contribution in [2.75, 3.05) is 4.90 Å². The van der Waals surface area contributed by atoms with Gasteiger partial charge >= 0.3 is 0 Å². The van der Waals surface area contributed by atoms with Gasteiger partial charge in [-0.15, -0.1) is 0 Å². The second-order valence-corrected chi connectivity index (χ2v) is 15.2. The Labute approximate surface area is 344 Å². The first-order chi connectivity index (χ1) is 29.7. The summed E-state index contributed by atoms with van der Waals surface area (Å²) in [5, 5.41) is 10.2. The minimum Gasteiger partial charge on any atom is -0.438 e. The van der Waals surface area contributed by atoms with Gasteiger partial charge in [0.2, 0.25) is 5.71 Å². The van der Waals surface area contributed by atoms with Gasteiger partial charge in [0, 0.05) is 67.7 Å². The third kappa shape index (κ3) is 5.81. The first kappa shape index (κ1) is 33.9. The van der Waals surface area contributed by atoms with Gasteiger partial charge in [-0.25, -0.2) is 15.0 Å². The maximum absolute atomic E-state index is 6.13. The lowest BCUT2D eigenvalue weighted by Gasteiger charge is -2.26. The zero-order chi connectivity index (χ0) is 39.6. The van der Waals surface area contributed by atoms with E-state index in [1.807, 2.05) is 60.9 Å². The smallest absolute Gasteiger partial charge is 0.227 e. The number of pyridine rings is 2. The fraction of sp³-hybridized carbons (Fsp3) is 0. The van der Waals surface area contributed by atoms with Gasteiger partial charge < -0.3 is 9.32 Å². The summed E-state index contributed by atoms with van der Waals surface area (Å²) in [4.78, 5) is 21.6. The molecule has 8 aromatic carbocycles. The molecule has 0 N–H and O–H groups in total. The lowest BCUT2D eigenvalue weighted by Crippen LogP contribution is -2.10. The molecular weight excluding hydrogens is 735 g/mol. The van der Waals surface area contributed by atoms with E-state index >= 15 is 0 Å². The van der Waals surface area contributed by atoms with Gasteiger partial charge in [0.1, 0.15) is 5.58 Å². The molecule has 0 aliphatic rings. The zero-order valence-electron chi connectivity index (χ0n) is 32.2. The second kappa shape index (κ2) is 13.7. The largest absolute Gasteiger partial charge is 0.438 e. The fourth-order valence-electron chi connectivity index (χ4n) is 8.46. The Morgan fingerprint density at radius 1 is 0.367 bits per heavy atom. The Morgan fingerprint density at radius 3 is 1.83 bits per heavy atom. The Bertz CT molecular complexity index is 3610. The first-order valence-corrected chi connectivity index (χ1v) is 20.0. The molecule has 0 saturated carbocycles. The molecule has 4 aromatic heterocycles. The lowest BCUT2D eigenvalue weighted by atomic mass is 9.98. The quantitative estimate of drug-likeness (QED) is 0.157. The predicted molar refractivity (Wildman–Crippen MR) is 246 cm³/mol. The van der Waals surface area contributed by atoms with E-state index < -0.39 is 0 Å². The molecule has 0 atom stereocenters. The van der Waals surface area contributed by atoms with Crippen LogP contribution in [0, 0.1) is 0 Å². The molecule has 0 bridgehead atoms. The summed E-state index contributed by atoms with van der Waals surface area (Å²) in [6.07, 6.45) is 3.85. The molecule has 60 heavy (non-hydrogen) atoms. The van der Waals surface area contributed by atoms with Crippen LogP contribution in [0.25, 0.3) is 99.2 Å². The third-order valence-corrected chi connectivity index (χ3v) is 11.5. The van der Waals surface area contributed by atoms with Crippen LogP contribution in [0.3, 0.4) is 0 Å². The van der Waals surface area contributed by atoms with Gasteiger partial charge in [-0.2, -0.15) is 0 Å². The summed E-state index contributed by atoms with van der Waals surface area (Å²) in [7, 11) is 0. The number of para-hydroxylation sites is 2. The van der Waals surface area contributed by atoms with Crippen LogP contribution in [-0.2, 0) is 0 Å². The number of hydrogen-bond acceptors (Lipinski definition) is 6. The molecule has 12 aromatic rings. The highest BCUT2D eigenvalue weighted by Crippen LogP contribution is 2.40. The van der Waals surface area contributed by atoms with Crippen molar-refractivity contribution in [1.29, 1.82) is 0 Å². The maximum Gasteiger partial charge on any atom is 0.227 e. The molecule has 0 radical (unpaired) electrons. The normalized spacial score (nSPS) is 11.7. The van der Waals surface area contributed by atoms with Crippen LogP contribution in [0.5, 0.6) is 0 Å². The molecule has 6 nitrogen and oxygen atoms in total. The molecule has 0 aliphatic heterocycles. The van der Waals surface area contributed by atoms with Crippen LogP contribution in [0.4, 0.5) is 17.1 Å². The molecule has 0 saturated heterocycles. The van der Waals surface area contributed by atoms with Gasteiger partial charge in [-0.1, -0.05) is 103 Å². The predicted octanol–water partition coefficient (Wildman–Crippen LogP) is 14.2. The molecule has 4 heterocycles. The number of anilines is 3. The van der Waals surface area contributed by atoms with E-state index in [0.717, 1.165) is 83.2 Å². The van der Waals surface area contributed by atoms with E-state index in [0.29, 0.717) is 11.5 Å². The van der Waals surface area contributed by atoms with Crippen molar-refractivity contribution in [1.82, 2.24) is 19.9 Å². The first-order valence-electron chi connectivity index (χ1n) is 20.0. The van der Waals surface area contributed by atoms with Gasteiger partial charge in [0.25, 0.3) is 0 Å². The SMILES string of the molecule is c1ccc2cc(-c3ccc4c(ccc5cc(N(c6ccc(-c7ccc8c(n7)oc7ccccc78)cc6)c6ccc(-c7ncc8ccccc8n7)cc6)ccc54)c3)ncc2c1. The van der Waals surface area contributed by atoms with Crippen LogP contribution >= 0.6 is 0 Å². The van der Waals surface area contributed by atoms with Crippen LogP contribution in [0.1, 0.15) is 0 Å². The van der Waals surface area contributed by atoms with E-state index in [1.54, 1.807) is 0 Å². The van der Waals surface area contributed by atoms with Crippen molar-refractivity contribution >= 4 is 82.4 Å². The number of hydrogen-bond donors (Lipinski definition) is 0. The van der Waals surface area contributed by atoms with Crippen molar-refractivity contribution in [3.05, 3.63) is 200 Å². The number of nitrogens with zero attached hydrogens (tertiary/aromatic N) is 5. The van der Waals surface area contributed by atoms with Crippen LogP contribution in [-0.4, -0.2) is 19.9 Å². The van der Waals surface area contributed by atoms with Crippen molar-refractivity contribution in [2.24, 2.45) is 0 Å². The number of fused-ring (bicyclic) bond motifs is 8. The van der Waals surface area contributed by atoms with Gasteiger partial charge in [0.15, 0.2) is 5.82 Å². The van der Waals surface area contributed by atoms with Crippen molar-refractivity contribution in [3.8, 4) is 33.9 Å². The summed E-state index contributed by atoms with van der Waals surface area (Å²) in [6.45, 7) is 0. The van der Waals surface area contributed by atoms with Crippen molar-refractivity contribution in [3.63, 3.8) is 0 Å². The van der Waals surface area contributed by atoms with Gasteiger partial charge in [-0.3, -0.25) is 4.98 Å². The molecule has 12 rings (SSSR count). The standard InChI is InChI=1S/C54H33N5O/c1-2-8-40-32-55-51(31-36(40)7-1)39-19-25-45-37(29-39)13-14-38-30-44(24-26-46(38)45)59(43-22-17-35(18-23-43)53-56-33-41-9-3-5-11-49(41)57-53)42-20-15-34(16-21-42)50-28-27-48-47-10-4-6-12-52(47)60-54(48)58-50/h1-33H. The molecule has 0 aliphatic carbocycles. The molecule has 280 valence electrons. The third-order valence-electron chi connectivity index (χ3n) is 11.5. The summed E-state index contributed by atoms with van der Waals surface area (Å²) >= 11 is 0. The second-order valence-electron chi connectivity index (χ2n) is 15.2. The fourth-order valence-corrected chi connectivity index (χ4v) is 8.46. The van der Waals surface area contributed by atoms with E-state index in [9.17, 15) is 0 Å². The van der Waals surface area contributed by atoms with E-state index in [1.165, 1.54) is 21.5 Å². The van der Waals surface area contributed by atoms with Crippen LogP contribution < -0.4 is 4.90 Å². The zero-order valence-corrected chi connectivity index (χ0v) is 32.2.